The van der Waals surface area contributed by atoms with E-state index < -0.39 is 0 Å². The van der Waals surface area contributed by atoms with Gasteiger partial charge >= 0.3 is 0 Å². The molecule has 3 heterocycles. The molecule has 5 aromatic rings. The van der Waals surface area contributed by atoms with Gasteiger partial charge in [-0.15, -0.1) is 11.3 Å². The summed E-state index contributed by atoms with van der Waals surface area (Å²) in [6.07, 6.45) is 1.64. The lowest BCUT2D eigenvalue weighted by Gasteiger charge is -2.06. The van der Waals surface area contributed by atoms with Crippen molar-refractivity contribution >= 4 is 31.5 Å². The Hall–Kier alpha value is -3.55. The number of hydrogen-bond acceptors (Lipinski definition) is 4. The Labute approximate surface area is 160 Å². The summed E-state index contributed by atoms with van der Waals surface area (Å²) in [4.78, 5) is 8.85. The van der Waals surface area contributed by atoms with Crippen LogP contribution in [0.3, 0.4) is 0 Å². The Morgan fingerprint density at radius 3 is 2.37 bits per heavy atom. The van der Waals surface area contributed by atoms with E-state index >= 15 is 0 Å². The first-order chi connectivity index (χ1) is 13.3. The fraction of sp³-hybridized carbons (Fsp3) is 0. The van der Waals surface area contributed by atoms with Gasteiger partial charge in [-0.1, -0.05) is 36.4 Å². The van der Waals surface area contributed by atoms with Crippen LogP contribution in [-0.2, 0) is 0 Å². The molecule has 0 radical (unpaired) electrons. The lowest BCUT2D eigenvalue weighted by molar-refractivity contribution is 1.25. The molecule has 3 nitrogen and oxygen atoms in total. The minimum Gasteiger partial charge on any atom is -0.248 e. The Kier molecular flexibility index (Phi) is 3.67. The predicted molar refractivity (Wildman–Crippen MR) is 111 cm³/mol. The molecule has 0 bridgehead atoms. The second-order valence-electron chi connectivity index (χ2n) is 6.26. The predicted octanol–water partition coefficient (Wildman–Crippen LogP) is 6.05. The molecule has 0 saturated carbocycles. The third-order valence-electron chi connectivity index (χ3n) is 4.59. The van der Waals surface area contributed by atoms with Crippen LogP contribution in [0.1, 0.15) is 5.69 Å². The smallest absolute Gasteiger partial charge is 0.141 e. The highest BCUT2D eigenvalue weighted by Gasteiger charge is 2.08. The second kappa shape index (κ2) is 6.31. The van der Waals surface area contributed by atoms with Crippen molar-refractivity contribution in [1.29, 1.82) is 5.26 Å². The molecule has 4 heteroatoms. The first-order valence-corrected chi connectivity index (χ1v) is 9.39. The van der Waals surface area contributed by atoms with E-state index in [1.165, 1.54) is 20.2 Å². The van der Waals surface area contributed by atoms with Gasteiger partial charge in [0.25, 0.3) is 0 Å². The monoisotopic (exact) mass is 363 g/mol. The molecule has 0 unspecified atom stereocenters. The molecular weight excluding hydrogens is 350 g/mol. The third-order valence-corrected chi connectivity index (χ3v) is 5.73. The normalized spacial score (nSPS) is 10.9. The summed E-state index contributed by atoms with van der Waals surface area (Å²) in [7, 11) is 0. The van der Waals surface area contributed by atoms with Crippen molar-refractivity contribution in [2.24, 2.45) is 0 Å². The summed E-state index contributed by atoms with van der Waals surface area (Å²) < 4.78 is 2.56. The van der Waals surface area contributed by atoms with Gasteiger partial charge in [-0.3, -0.25) is 0 Å². The maximum atomic E-state index is 9.07. The fourth-order valence-corrected chi connectivity index (χ4v) is 4.44. The summed E-state index contributed by atoms with van der Waals surface area (Å²) in [6.45, 7) is 0. The third kappa shape index (κ3) is 2.75. The molecule has 0 N–H and O–H groups in total. The van der Waals surface area contributed by atoms with E-state index in [9.17, 15) is 0 Å². The standard InChI is InChI=1S/C23H13N3S/c24-14-17-12-16(10-11-25-17)21-6-3-5-20(26-21)15-8-9-19-18-4-1-2-7-22(18)27-23(19)13-15/h1-13H. The number of aromatic nitrogens is 2. The highest BCUT2D eigenvalue weighted by molar-refractivity contribution is 7.25. The van der Waals surface area contributed by atoms with Crippen molar-refractivity contribution in [3.63, 3.8) is 0 Å². The number of thiophene rings is 1. The van der Waals surface area contributed by atoms with E-state index in [1.807, 2.05) is 24.3 Å². The number of rotatable bonds is 2. The molecule has 0 aliphatic carbocycles. The summed E-state index contributed by atoms with van der Waals surface area (Å²) in [5.41, 5.74) is 4.13. The van der Waals surface area contributed by atoms with Crippen LogP contribution in [0, 0.1) is 11.3 Å². The average molecular weight is 363 g/mol. The quantitative estimate of drug-likeness (QED) is 0.383. The van der Waals surface area contributed by atoms with Gasteiger partial charge in [-0.05, 0) is 36.4 Å². The molecule has 5 rings (SSSR count). The lowest BCUT2D eigenvalue weighted by atomic mass is 10.1. The number of fused-ring (bicyclic) bond motifs is 3. The maximum absolute atomic E-state index is 9.07. The van der Waals surface area contributed by atoms with Crippen LogP contribution in [-0.4, -0.2) is 9.97 Å². The number of hydrogen-bond donors (Lipinski definition) is 0. The fourth-order valence-electron chi connectivity index (χ4n) is 3.29. The van der Waals surface area contributed by atoms with Gasteiger partial charge in [-0.25, -0.2) is 9.97 Å². The maximum Gasteiger partial charge on any atom is 0.141 e. The molecule has 0 aliphatic heterocycles. The van der Waals surface area contributed by atoms with Crippen molar-refractivity contribution in [3.05, 3.63) is 84.7 Å². The molecule has 0 atom stereocenters. The Morgan fingerprint density at radius 2 is 1.52 bits per heavy atom. The molecule has 2 aromatic carbocycles. The average Bonchev–Trinajstić information content (AvgIpc) is 3.11. The summed E-state index contributed by atoms with van der Waals surface area (Å²) >= 11 is 1.80. The summed E-state index contributed by atoms with van der Waals surface area (Å²) in [5, 5.41) is 11.6. The molecular formula is C23H13N3S. The van der Waals surface area contributed by atoms with Crippen LogP contribution < -0.4 is 0 Å². The van der Waals surface area contributed by atoms with Gasteiger partial charge in [0.1, 0.15) is 11.8 Å². The van der Waals surface area contributed by atoms with E-state index in [0.717, 1.165) is 22.5 Å². The van der Waals surface area contributed by atoms with Gasteiger partial charge < -0.3 is 0 Å². The van der Waals surface area contributed by atoms with Crippen LogP contribution in [0.15, 0.2) is 79.0 Å². The van der Waals surface area contributed by atoms with Crippen LogP contribution in [0.5, 0.6) is 0 Å². The first-order valence-electron chi connectivity index (χ1n) is 8.57. The topological polar surface area (TPSA) is 49.6 Å². The zero-order chi connectivity index (χ0) is 18.2. The van der Waals surface area contributed by atoms with Crippen molar-refractivity contribution in [2.75, 3.05) is 0 Å². The van der Waals surface area contributed by atoms with E-state index in [2.05, 4.69) is 53.5 Å². The second-order valence-corrected chi connectivity index (χ2v) is 7.34. The van der Waals surface area contributed by atoms with E-state index in [1.54, 1.807) is 23.6 Å². The Balaban J connectivity index is 1.62. The minimum absolute atomic E-state index is 0.395. The molecule has 0 amide bonds. The van der Waals surface area contributed by atoms with Crippen LogP contribution >= 0.6 is 11.3 Å². The number of nitriles is 1. The first kappa shape index (κ1) is 15.7. The minimum atomic E-state index is 0.395. The van der Waals surface area contributed by atoms with Crippen LogP contribution in [0.25, 0.3) is 42.7 Å². The van der Waals surface area contributed by atoms with Crippen LogP contribution in [0.4, 0.5) is 0 Å². The molecule has 126 valence electrons. The zero-order valence-corrected chi connectivity index (χ0v) is 15.1. The van der Waals surface area contributed by atoms with E-state index in [-0.39, 0.29) is 0 Å². The highest BCUT2D eigenvalue weighted by Crippen LogP contribution is 2.36. The Bertz CT molecular complexity index is 1340. The van der Waals surface area contributed by atoms with Gasteiger partial charge in [0.05, 0.1) is 11.4 Å². The SMILES string of the molecule is N#Cc1cc(-c2cccc(-c3ccc4c(c3)sc3ccccc34)n2)ccn1. The zero-order valence-electron chi connectivity index (χ0n) is 14.3. The molecule has 0 spiro atoms. The van der Waals surface area contributed by atoms with Crippen molar-refractivity contribution in [3.8, 4) is 28.6 Å². The molecule has 27 heavy (non-hydrogen) atoms. The van der Waals surface area contributed by atoms with Gasteiger partial charge in [0.15, 0.2) is 0 Å². The number of pyridine rings is 2. The van der Waals surface area contributed by atoms with E-state index in [4.69, 9.17) is 10.2 Å². The summed E-state index contributed by atoms with van der Waals surface area (Å²) in [6, 6.07) is 26.7. The van der Waals surface area contributed by atoms with Crippen molar-refractivity contribution in [2.45, 2.75) is 0 Å². The molecule has 3 aromatic heterocycles. The van der Waals surface area contributed by atoms with Gasteiger partial charge in [0, 0.05) is 37.5 Å². The van der Waals surface area contributed by atoms with Gasteiger partial charge in [0.2, 0.25) is 0 Å². The van der Waals surface area contributed by atoms with Crippen LogP contribution in [0.2, 0.25) is 0 Å². The van der Waals surface area contributed by atoms with Crippen molar-refractivity contribution < 1.29 is 0 Å². The lowest BCUT2D eigenvalue weighted by Crippen LogP contribution is -1.89. The largest absolute Gasteiger partial charge is 0.248 e. The molecule has 0 aliphatic rings. The molecule has 0 saturated heterocycles. The van der Waals surface area contributed by atoms with Gasteiger partial charge in [-0.2, -0.15) is 5.26 Å². The Morgan fingerprint density at radius 1 is 0.741 bits per heavy atom. The molecule has 0 fully saturated rings. The van der Waals surface area contributed by atoms with E-state index in [0.29, 0.717) is 5.69 Å². The van der Waals surface area contributed by atoms with Crippen molar-refractivity contribution in [1.82, 2.24) is 9.97 Å². The number of nitrogens with zero attached hydrogens (tertiary/aromatic N) is 3. The number of benzene rings is 2. The summed E-state index contributed by atoms with van der Waals surface area (Å²) in [5.74, 6) is 0. The highest BCUT2D eigenvalue weighted by atomic mass is 32.1.